The molecule has 3 heterocycles. The van der Waals surface area contributed by atoms with Crippen LogP contribution in [-0.4, -0.2) is 37.2 Å². The van der Waals surface area contributed by atoms with E-state index in [1.807, 2.05) is 19.2 Å². The molecule has 3 rings (SSSR count). The maximum Gasteiger partial charge on any atom is 0.266 e. The molecule has 1 fully saturated rings. The Hall–Kier alpha value is -2.08. The normalized spacial score (nSPS) is 18.6. The summed E-state index contributed by atoms with van der Waals surface area (Å²) in [7, 11) is 0. The Morgan fingerprint density at radius 1 is 1.20 bits per heavy atom. The highest BCUT2D eigenvalue weighted by Gasteiger charge is 2.26. The molecule has 0 spiro atoms. The van der Waals surface area contributed by atoms with E-state index < -0.39 is 0 Å². The second-order valence-corrected chi connectivity index (χ2v) is 7.90. The molecule has 0 saturated carbocycles. The molecule has 6 heteroatoms. The van der Waals surface area contributed by atoms with Gasteiger partial charge in [-0.3, -0.25) is 19.7 Å². The van der Waals surface area contributed by atoms with E-state index in [-0.39, 0.29) is 11.0 Å². The third kappa shape index (κ3) is 4.31. The summed E-state index contributed by atoms with van der Waals surface area (Å²) in [6.07, 6.45) is 5.86. The van der Waals surface area contributed by atoms with Crippen molar-refractivity contribution in [1.82, 2.24) is 24.6 Å². The van der Waals surface area contributed by atoms with Crippen molar-refractivity contribution < 1.29 is 0 Å². The minimum atomic E-state index is -0.0672. The highest BCUT2D eigenvalue weighted by molar-refractivity contribution is 5.11. The van der Waals surface area contributed by atoms with E-state index in [9.17, 15) is 4.79 Å². The third-order valence-corrected chi connectivity index (χ3v) is 4.72. The van der Waals surface area contributed by atoms with Crippen LogP contribution in [0.1, 0.15) is 50.7 Å². The third-order valence-electron chi connectivity index (χ3n) is 4.72. The molecule has 2 aromatic rings. The van der Waals surface area contributed by atoms with Crippen LogP contribution in [-0.2, 0) is 18.5 Å². The second kappa shape index (κ2) is 7.04. The van der Waals surface area contributed by atoms with Gasteiger partial charge in [0.2, 0.25) is 0 Å². The van der Waals surface area contributed by atoms with Crippen LogP contribution in [0, 0.1) is 6.92 Å². The van der Waals surface area contributed by atoms with Gasteiger partial charge in [-0.1, -0.05) is 20.8 Å². The number of likely N-dealkylation sites (tertiary alicyclic amines) is 1. The Morgan fingerprint density at radius 3 is 2.68 bits per heavy atom. The molecule has 0 amide bonds. The predicted octanol–water partition coefficient (Wildman–Crippen LogP) is 2.30. The van der Waals surface area contributed by atoms with E-state index in [4.69, 9.17) is 0 Å². The van der Waals surface area contributed by atoms with Gasteiger partial charge in [0.15, 0.2) is 0 Å². The molecule has 2 aromatic heterocycles. The molecule has 1 aliphatic heterocycles. The first-order valence-electron chi connectivity index (χ1n) is 8.93. The Morgan fingerprint density at radius 2 is 2.00 bits per heavy atom. The monoisotopic (exact) mass is 341 g/mol. The van der Waals surface area contributed by atoms with Crippen LogP contribution in [0.3, 0.4) is 0 Å². The molecule has 1 saturated heterocycles. The summed E-state index contributed by atoms with van der Waals surface area (Å²) in [5, 5.41) is 4.61. The molecular formula is C19H27N5O. The minimum absolute atomic E-state index is 0.0324. The summed E-state index contributed by atoms with van der Waals surface area (Å²) in [6, 6.07) is 3.79. The van der Waals surface area contributed by atoms with Gasteiger partial charge in [-0.05, 0) is 32.4 Å². The number of hydrogen-bond donors (Lipinski definition) is 0. The van der Waals surface area contributed by atoms with Crippen molar-refractivity contribution in [1.29, 1.82) is 0 Å². The van der Waals surface area contributed by atoms with E-state index >= 15 is 0 Å². The average Bonchev–Trinajstić information content (AvgIpc) is 2.97. The molecule has 1 aliphatic rings. The van der Waals surface area contributed by atoms with Gasteiger partial charge in [-0.25, -0.2) is 4.68 Å². The first kappa shape index (κ1) is 17.7. The maximum atomic E-state index is 12.2. The van der Waals surface area contributed by atoms with Gasteiger partial charge in [0, 0.05) is 36.5 Å². The lowest BCUT2D eigenvalue weighted by atomic mass is 9.92. The Bertz CT molecular complexity index is 776. The standard InChI is InChI=1S/C19H27N5O/c1-14-10-21-15(11-20-14)12-23-9-5-6-16(23)13-24-18(25)8-7-17(22-24)19(2,3)4/h7-8,10-11,16H,5-6,9,12-13H2,1-4H3. The minimum Gasteiger partial charge on any atom is -0.293 e. The van der Waals surface area contributed by atoms with Crippen molar-refractivity contribution in [2.75, 3.05) is 6.54 Å². The SMILES string of the molecule is Cc1cnc(CN2CCCC2Cn2nc(C(C)(C)C)ccc2=O)cn1. The van der Waals surface area contributed by atoms with Crippen LogP contribution < -0.4 is 5.56 Å². The van der Waals surface area contributed by atoms with Crippen LogP contribution in [0.2, 0.25) is 0 Å². The van der Waals surface area contributed by atoms with E-state index in [1.54, 1.807) is 16.9 Å². The highest BCUT2D eigenvalue weighted by Crippen LogP contribution is 2.21. The smallest absolute Gasteiger partial charge is 0.266 e. The van der Waals surface area contributed by atoms with Crippen LogP contribution in [0.4, 0.5) is 0 Å². The van der Waals surface area contributed by atoms with Gasteiger partial charge < -0.3 is 0 Å². The van der Waals surface area contributed by atoms with Gasteiger partial charge in [-0.2, -0.15) is 5.10 Å². The second-order valence-electron chi connectivity index (χ2n) is 7.90. The summed E-state index contributed by atoms with van der Waals surface area (Å²) in [5.41, 5.74) is 2.75. The Balaban J connectivity index is 1.75. The van der Waals surface area contributed by atoms with Crippen LogP contribution in [0.5, 0.6) is 0 Å². The van der Waals surface area contributed by atoms with Gasteiger partial charge in [0.1, 0.15) is 0 Å². The van der Waals surface area contributed by atoms with Gasteiger partial charge in [0.05, 0.1) is 23.6 Å². The van der Waals surface area contributed by atoms with E-state index in [2.05, 4.69) is 40.7 Å². The molecule has 0 bridgehead atoms. The molecule has 25 heavy (non-hydrogen) atoms. The summed E-state index contributed by atoms with van der Waals surface area (Å²) < 4.78 is 1.63. The maximum absolute atomic E-state index is 12.2. The molecule has 0 aromatic carbocycles. The van der Waals surface area contributed by atoms with Crippen LogP contribution >= 0.6 is 0 Å². The fraction of sp³-hybridized carbons (Fsp3) is 0.579. The van der Waals surface area contributed by atoms with Crippen LogP contribution in [0.15, 0.2) is 29.3 Å². The lowest BCUT2D eigenvalue weighted by Gasteiger charge is -2.25. The van der Waals surface area contributed by atoms with Crippen LogP contribution in [0.25, 0.3) is 0 Å². The van der Waals surface area contributed by atoms with Crippen molar-refractivity contribution in [3.8, 4) is 0 Å². The van der Waals surface area contributed by atoms with E-state index in [0.717, 1.165) is 43.0 Å². The zero-order chi connectivity index (χ0) is 18.0. The molecular weight excluding hydrogens is 314 g/mol. The molecule has 134 valence electrons. The Kier molecular flexibility index (Phi) is 4.99. The number of aryl methyl sites for hydroxylation is 1. The molecule has 0 aliphatic carbocycles. The summed E-state index contributed by atoms with van der Waals surface area (Å²) in [5.74, 6) is 0. The average molecular weight is 341 g/mol. The number of aromatic nitrogens is 4. The molecule has 6 nitrogen and oxygen atoms in total. The fourth-order valence-corrected chi connectivity index (χ4v) is 3.20. The van der Waals surface area contributed by atoms with Crippen molar-refractivity contribution in [3.63, 3.8) is 0 Å². The first-order valence-corrected chi connectivity index (χ1v) is 8.93. The van der Waals surface area contributed by atoms with Crippen molar-refractivity contribution in [2.45, 2.75) is 65.1 Å². The molecule has 0 radical (unpaired) electrons. The van der Waals surface area contributed by atoms with E-state index in [1.165, 1.54) is 0 Å². The zero-order valence-electron chi connectivity index (χ0n) is 15.6. The first-order chi connectivity index (χ1) is 11.8. The van der Waals surface area contributed by atoms with Gasteiger partial charge in [-0.15, -0.1) is 0 Å². The number of nitrogens with zero attached hydrogens (tertiary/aromatic N) is 5. The molecule has 1 unspecified atom stereocenters. The molecule has 0 N–H and O–H groups in total. The number of rotatable bonds is 4. The topological polar surface area (TPSA) is 63.9 Å². The largest absolute Gasteiger partial charge is 0.293 e. The van der Waals surface area contributed by atoms with E-state index in [0.29, 0.717) is 12.6 Å². The highest BCUT2D eigenvalue weighted by atomic mass is 16.1. The van der Waals surface area contributed by atoms with Crippen molar-refractivity contribution in [3.05, 3.63) is 52.0 Å². The fourth-order valence-electron chi connectivity index (χ4n) is 3.20. The lowest BCUT2D eigenvalue weighted by molar-refractivity contribution is 0.213. The zero-order valence-corrected chi connectivity index (χ0v) is 15.6. The van der Waals surface area contributed by atoms with Crippen molar-refractivity contribution >= 4 is 0 Å². The predicted molar refractivity (Wildman–Crippen MR) is 97.4 cm³/mol. The van der Waals surface area contributed by atoms with Crippen molar-refractivity contribution in [2.24, 2.45) is 0 Å². The molecule has 1 atom stereocenters. The summed E-state index contributed by atoms with van der Waals surface area (Å²) in [6.45, 7) is 10.7. The summed E-state index contributed by atoms with van der Waals surface area (Å²) >= 11 is 0. The lowest BCUT2D eigenvalue weighted by Crippen LogP contribution is -2.37. The van der Waals surface area contributed by atoms with Gasteiger partial charge >= 0.3 is 0 Å². The van der Waals surface area contributed by atoms with Gasteiger partial charge in [0.25, 0.3) is 5.56 Å². The number of hydrogen-bond acceptors (Lipinski definition) is 5. The quantitative estimate of drug-likeness (QED) is 0.854. The summed E-state index contributed by atoms with van der Waals surface area (Å²) in [4.78, 5) is 23.4. The Labute approximate surface area is 148 Å².